The molecule has 7 heteroatoms. The maximum Gasteiger partial charge on any atom is 0.135 e. The highest BCUT2D eigenvalue weighted by Crippen LogP contribution is 2.25. The molecule has 0 fully saturated rings. The van der Waals surface area contributed by atoms with Gasteiger partial charge in [0.25, 0.3) is 0 Å². The maximum absolute atomic E-state index is 14.1. The van der Waals surface area contributed by atoms with Crippen molar-refractivity contribution in [3.05, 3.63) is 89.9 Å². The first-order valence-corrected chi connectivity index (χ1v) is 8.93. The van der Waals surface area contributed by atoms with Gasteiger partial charge < -0.3 is 5.32 Å². The summed E-state index contributed by atoms with van der Waals surface area (Å²) >= 11 is 0. The minimum atomic E-state index is -0.623. The molecular formula is C21H19F2N5. The van der Waals surface area contributed by atoms with Crippen molar-refractivity contribution < 1.29 is 8.78 Å². The largest absolute Gasteiger partial charge is 0.306 e. The van der Waals surface area contributed by atoms with Crippen LogP contribution in [0.4, 0.5) is 8.78 Å². The van der Waals surface area contributed by atoms with Gasteiger partial charge in [-0.2, -0.15) is 10.2 Å². The van der Waals surface area contributed by atoms with Gasteiger partial charge in [-0.25, -0.2) is 13.5 Å². The van der Waals surface area contributed by atoms with Gasteiger partial charge in [0.15, 0.2) is 0 Å². The zero-order valence-electron chi connectivity index (χ0n) is 15.2. The van der Waals surface area contributed by atoms with Crippen LogP contribution >= 0.6 is 0 Å². The highest BCUT2D eigenvalue weighted by atomic mass is 19.1. The molecule has 28 heavy (non-hydrogen) atoms. The van der Waals surface area contributed by atoms with Crippen molar-refractivity contribution in [3.8, 4) is 16.9 Å². The zero-order chi connectivity index (χ0) is 19.5. The first-order chi connectivity index (χ1) is 13.6. The number of para-hydroxylation sites is 1. The quantitative estimate of drug-likeness (QED) is 0.522. The van der Waals surface area contributed by atoms with Gasteiger partial charge in [0.2, 0.25) is 0 Å². The number of rotatable bonds is 6. The Hall–Kier alpha value is -3.32. The monoisotopic (exact) mass is 379 g/mol. The summed E-state index contributed by atoms with van der Waals surface area (Å²) < 4.78 is 29.1. The maximum atomic E-state index is 14.1. The van der Waals surface area contributed by atoms with Crippen LogP contribution in [0.25, 0.3) is 16.9 Å². The molecule has 0 aliphatic rings. The molecule has 0 aliphatic carbocycles. The average Bonchev–Trinajstić information content (AvgIpc) is 3.37. The molecule has 0 bridgehead atoms. The molecular weight excluding hydrogens is 360 g/mol. The fourth-order valence-corrected chi connectivity index (χ4v) is 3.03. The van der Waals surface area contributed by atoms with E-state index in [-0.39, 0.29) is 6.04 Å². The van der Waals surface area contributed by atoms with Gasteiger partial charge in [0, 0.05) is 41.5 Å². The molecule has 0 aliphatic heterocycles. The lowest BCUT2D eigenvalue weighted by atomic mass is 10.1. The number of nitrogens with one attached hydrogen (secondary N) is 2. The van der Waals surface area contributed by atoms with E-state index >= 15 is 0 Å². The Kier molecular flexibility index (Phi) is 4.99. The molecule has 2 aromatic heterocycles. The first-order valence-electron chi connectivity index (χ1n) is 8.93. The molecule has 0 radical (unpaired) electrons. The number of hydrogen-bond donors (Lipinski definition) is 2. The van der Waals surface area contributed by atoms with Crippen molar-refractivity contribution in [1.82, 2.24) is 25.3 Å². The van der Waals surface area contributed by atoms with E-state index in [4.69, 9.17) is 0 Å². The van der Waals surface area contributed by atoms with Gasteiger partial charge in [-0.05, 0) is 31.2 Å². The summed E-state index contributed by atoms with van der Waals surface area (Å²) in [7, 11) is 0. The number of halogens is 2. The molecule has 4 rings (SSSR count). The van der Waals surface area contributed by atoms with Crippen LogP contribution in [0.5, 0.6) is 0 Å². The summed E-state index contributed by atoms with van der Waals surface area (Å²) in [5, 5.41) is 14.6. The molecule has 0 saturated carbocycles. The predicted molar refractivity (Wildman–Crippen MR) is 103 cm³/mol. The lowest BCUT2D eigenvalue weighted by molar-refractivity contribution is 0.573. The van der Waals surface area contributed by atoms with Gasteiger partial charge in [0.1, 0.15) is 11.6 Å². The normalized spacial score (nSPS) is 12.2. The minimum Gasteiger partial charge on any atom is -0.306 e. The number of aromatic amines is 1. The Balaban J connectivity index is 1.47. The summed E-state index contributed by atoms with van der Waals surface area (Å²) in [6.07, 6.45) is 5.44. The Morgan fingerprint density at radius 2 is 1.93 bits per heavy atom. The molecule has 142 valence electrons. The Morgan fingerprint density at radius 3 is 2.71 bits per heavy atom. The molecule has 1 unspecified atom stereocenters. The van der Waals surface area contributed by atoms with E-state index in [0.717, 1.165) is 22.9 Å². The zero-order valence-corrected chi connectivity index (χ0v) is 15.2. The van der Waals surface area contributed by atoms with Crippen molar-refractivity contribution >= 4 is 0 Å². The van der Waals surface area contributed by atoms with Crippen molar-refractivity contribution in [1.29, 1.82) is 0 Å². The molecule has 0 saturated heterocycles. The first kappa shape index (κ1) is 18.1. The smallest absolute Gasteiger partial charge is 0.135 e. The Bertz CT molecular complexity index is 1070. The van der Waals surface area contributed by atoms with Crippen LogP contribution in [0, 0.1) is 11.6 Å². The van der Waals surface area contributed by atoms with E-state index in [9.17, 15) is 8.78 Å². The Labute approximate surface area is 161 Å². The van der Waals surface area contributed by atoms with E-state index < -0.39 is 11.6 Å². The summed E-state index contributed by atoms with van der Waals surface area (Å²) in [4.78, 5) is 0. The second-order valence-corrected chi connectivity index (χ2v) is 6.55. The van der Waals surface area contributed by atoms with Gasteiger partial charge >= 0.3 is 0 Å². The van der Waals surface area contributed by atoms with Crippen LogP contribution in [0.3, 0.4) is 0 Å². The SMILES string of the molecule is CC(NCc1cn[nH]c1-c1ccc(F)cc1F)c1cnn(-c2ccccc2)c1. The lowest BCUT2D eigenvalue weighted by Crippen LogP contribution is -2.17. The molecule has 2 N–H and O–H groups in total. The average molecular weight is 379 g/mol. The van der Waals surface area contributed by atoms with Crippen LogP contribution < -0.4 is 5.32 Å². The van der Waals surface area contributed by atoms with E-state index in [2.05, 4.69) is 20.6 Å². The van der Waals surface area contributed by atoms with Crippen molar-refractivity contribution in [2.45, 2.75) is 19.5 Å². The number of hydrogen-bond acceptors (Lipinski definition) is 3. The summed E-state index contributed by atoms with van der Waals surface area (Å²) in [6.45, 7) is 2.50. The second kappa shape index (κ2) is 7.74. The van der Waals surface area contributed by atoms with Gasteiger partial charge in [-0.3, -0.25) is 5.10 Å². The summed E-state index contributed by atoms with van der Waals surface area (Å²) in [6, 6.07) is 13.4. The summed E-state index contributed by atoms with van der Waals surface area (Å²) in [5.74, 6) is -1.23. The number of benzene rings is 2. The molecule has 1 atom stereocenters. The van der Waals surface area contributed by atoms with Crippen molar-refractivity contribution in [2.75, 3.05) is 0 Å². The highest BCUT2D eigenvalue weighted by molar-refractivity contribution is 5.63. The number of H-pyrrole nitrogens is 1. The third-order valence-corrected chi connectivity index (χ3v) is 4.64. The van der Waals surface area contributed by atoms with Crippen LogP contribution in [-0.2, 0) is 6.54 Å². The molecule has 0 amide bonds. The highest BCUT2D eigenvalue weighted by Gasteiger charge is 2.15. The van der Waals surface area contributed by atoms with Crippen LogP contribution in [0.1, 0.15) is 24.1 Å². The lowest BCUT2D eigenvalue weighted by Gasteiger charge is -2.12. The molecule has 5 nitrogen and oxygen atoms in total. The van der Waals surface area contributed by atoms with E-state index in [1.165, 1.54) is 12.1 Å². The summed E-state index contributed by atoms with van der Waals surface area (Å²) in [5.41, 5.74) is 3.65. The molecule has 4 aromatic rings. The van der Waals surface area contributed by atoms with E-state index in [1.807, 2.05) is 54.3 Å². The van der Waals surface area contributed by atoms with Gasteiger partial charge in [-0.15, -0.1) is 0 Å². The van der Waals surface area contributed by atoms with E-state index in [0.29, 0.717) is 17.8 Å². The fraction of sp³-hybridized carbons (Fsp3) is 0.143. The standard InChI is InChI=1S/C21H19F2N5/c1-14(16-12-26-28(13-16)18-5-3-2-4-6-18)24-10-15-11-25-27-21(15)19-8-7-17(22)9-20(19)23/h2-9,11-14,24H,10H2,1H3,(H,25,27). The van der Waals surface area contributed by atoms with Gasteiger partial charge in [0.05, 0.1) is 23.8 Å². The minimum absolute atomic E-state index is 0.0262. The molecule has 2 heterocycles. The van der Waals surface area contributed by atoms with Gasteiger partial charge in [-0.1, -0.05) is 18.2 Å². The predicted octanol–water partition coefficient (Wildman–Crippen LogP) is 4.39. The number of aromatic nitrogens is 4. The molecule has 0 spiro atoms. The topological polar surface area (TPSA) is 58.5 Å². The third kappa shape index (κ3) is 3.70. The third-order valence-electron chi connectivity index (χ3n) is 4.64. The van der Waals surface area contributed by atoms with Crippen LogP contribution in [0.15, 0.2) is 67.1 Å². The Morgan fingerprint density at radius 1 is 1.11 bits per heavy atom. The fourth-order valence-electron chi connectivity index (χ4n) is 3.03. The second-order valence-electron chi connectivity index (χ2n) is 6.55. The van der Waals surface area contributed by atoms with Crippen molar-refractivity contribution in [3.63, 3.8) is 0 Å². The molecule has 2 aromatic carbocycles. The van der Waals surface area contributed by atoms with Crippen LogP contribution in [-0.4, -0.2) is 20.0 Å². The van der Waals surface area contributed by atoms with E-state index in [1.54, 1.807) is 6.20 Å². The number of nitrogens with zero attached hydrogens (tertiary/aromatic N) is 3. The van der Waals surface area contributed by atoms with Crippen molar-refractivity contribution in [2.24, 2.45) is 0 Å². The van der Waals surface area contributed by atoms with Crippen LogP contribution in [0.2, 0.25) is 0 Å².